The standard InChI is InChI=1S/C20H28FN7O4/c1-9-7-26(8-12(9)14(22)6-25-19(23)30)16-13(21)5-11-15(17(16)32-2)27(10-3-4-10)20(31)28(24)18(11)29/h5,9-10,12,14H,3-4,6-8,22,24H2,1-2H3,(H3,23,25,30)/t9-,12-,14?/m0/s1. The van der Waals surface area contributed by atoms with Crippen LogP contribution < -0.4 is 43.5 Å². The number of nitrogens with two attached hydrogens (primary N) is 3. The first-order valence-corrected chi connectivity index (χ1v) is 10.5. The number of ether oxygens (including phenoxy) is 1. The summed E-state index contributed by atoms with van der Waals surface area (Å²) in [6.07, 6.45) is 1.52. The van der Waals surface area contributed by atoms with Gasteiger partial charge in [0, 0.05) is 31.7 Å². The molecule has 1 aliphatic heterocycles. The topological polar surface area (TPSA) is 164 Å². The molecule has 3 atom stereocenters. The lowest BCUT2D eigenvalue weighted by atomic mass is 9.91. The molecule has 2 aromatic rings. The van der Waals surface area contributed by atoms with Crippen LogP contribution >= 0.6 is 0 Å². The van der Waals surface area contributed by atoms with E-state index in [4.69, 9.17) is 22.0 Å². The highest BCUT2D eigenvalue weighted by Gasteiger charge is 2.38. The smallest absolute Gasteiger partial charge is 0.350 e. The minimum atomic E-state index is -0.780. The maximum atomic E-state index is 15.4. The minimum absolute atomic E-state index is 0.0109. The first kappa shape index (κ1) is 21.9. The quantitative estimate of drug-likeness (QED) is 0.429. The molecule has 12 heteroatoms. The van der Waals surface area contributed by atoms with E-state index in [-0.39, 0.29) is 52.8 Å². The van der Waals surface area contributed by atoms with Crippen molar-refractivity contribution in [1.82, 2.24) is 14.6 Å². The number of aromatic nitrogens is 2. The Balaban J connectivity index is 1.82. The predicted molar refractivity (Wildman–Crippen MR) is 118 cm³/mol. The zero-order valence-corrected chi connectivity index (χ0v) is 18.0. The van der Waals surface area contributed by atoms with Gasteiger partial charge >= 0.3 is 11.7 Å². The monoisotopic (exact) mass is 449 g/mol. The van der Waals surface area contributed by atoms with Crippen LogP contribution in [-0.4, -0.2) is 48.1 Å². The molecule has 2 heterocycles. The number of nitrogen functional groups attached to an aromatic ring is 1. The molecule has 0 radical (unpaired) electrons. The van der Waals surface area contributed by atoms with E-state index < -0.39 is 23.1 Å². The van der Waals surface area contributed by atoms with E-state index >= 15 is 4.39 Å². The number of nitrogens with zero attached hydrogens (tertiary/aromatic N) is 3. The Kier molecular flexibility index (Phi) is 5.49. The minimum Gasteiger partial charge on any atom is -0.492 e. The van der Waals surface area contributed by atoms with Crippen LogP contribution in [0.25, 0.3) is 10.9 Å². The Morgan fingerprint density at radius 2 is 2.03 bits per heavy atom. The van der Waals surface area contributed by atoms with Gasteiger partial charge in [-0.2, -0.15) is 4.68 Å². The van der Waals surface area contributed by atoms with Crippen LogP contribution in [0.5, 0.6) is 5.75 Å². The molecule has 32 heavy (non-hydrogen) atoms. The summed E-state index contributed by atoms with van der Waals surface area (Å²) in [4.78, 5) is 38.2. The Hall–Kier alpha value is -3.28. The summed E-state index contributed by atoms with van der Waals surface area (Å²) in [5.41, 5.74) is 10.4. The van der Waals surface area contributed by atoms with Crippen LogP contribution in [-0.2, 0) is 0 Å². The van der Waals surface area contributed by atoms with E-state index in [2.05, 4.69) is 5.32 Å². The molecule has 0 spiro atoms. The summed E-state index contributed by atoms with van der Waals surface area (Å²) >= 11 is 0. The Labute approximate surface area is 182 Å². The first-order chi connectivity index (χ1) is 15.1. The molecule has 11 nitrogen and oxygen atoms in total. The number of anilines is 1. The van der Waals surface area contributed by atoms with Gasteiger partial charge in [0.05, 0.1) is 12.5 Å². The van der Waals surface area contributed by atoms with E-state index in [0.29, 0.717) is 17.8 Å². The van der Waals surface area contributed by atoms with Gasteiger partial charge in [0.1, 0.15) is 11.2 Å². The molecule has 0 bridgehead atoms. The van der Waals surface area contributed by atoms with E-state index in [1.807, 2.05) is 11.8 Å². The highest BCUT2D eigenvalue weighted by atomic mass is 19.1. The number of hydrogen-bond acceptors (Lipinski definition) is 7. The molecule has 174 valence electrons. The Morgan fingerprint density at radius 1 is 1.34 bits per heavy atom. The summed E-state index contributed by atoms with van der Waals surface area (Å²) in [5, 5.41) is 2.50. The van der Waals surface area contributed by atoms with Gasteiger partial charge in [-0.25, -0.2) is 14.0 Å². The molecule has 1 aromatic heterocycles. The van der Waals surface area contributed by atoms with Crippen molar-refractivity contribution >= 4 is 22.6 Å². The van der Waals surface area contributed by atoms with E-state index in [1.165, 1.54) is 11.7 Å². The number of carbonyl (C=O) groups excluding carboxylic acids is 1. The van der Waals surface area contributed by atoms with Gasteiger partial charge in [0.2, 0.25) is 0 Å². The third-order valence-electron chi connectivity index (χ3n) is 6.45. The third kappa shape index (κ3) is 3.53. The van der Waals surface area contributed by atoms with Gasteiger partial charge in [-0.1, -0.05) is 6.92 Å². The van der Waals surface area contributed by atoms with E-state index in [9.17, 15) is 14.4 Å². The van der Waals surface area contributed by atoms with Crippen LogP contribution in [0.3, 0.4) is 0 Å². The Bertz CT molecular complexity index is 1190. The number of methoxy groups -OCH3 is 1. The van der Waals surface area contributed by atoms with E-state index in [1.54, 1.807) is 0 Å². The molecule has 2 amide bonds. The fourth-order valence-electron chi connectivity index (χ4n) is 4.70. The Morgan fingerprint density at radius 3 is 2.62 bits per heavy atom. The van der Waals surface area contributed by atoms with Gasteiger partial charge in [0.15, 0.2) is 11.6 Å². The SMILES string of the molecule is COc1c(N2C[C@H](C(N)CNC(N)=O)[C@@H](C)C2)c(F)cc2c(=O)n(N)c(=O)n(C3CC3)c12. The molecule has 2 fully saturated rings. The maximum Gasteiger partial charge on any atom is 0.350 e. The summed E-state index contributed by atoms with van der Waals surface area (Å²) in [7, 11) is 1.38. The number of amides is 2. The lowest BCUT2D eigenvalue weighted by Gasteiger charge is -2.25. The van der Waals surface area contributed by atoms with Crippen LogP contribution in [0.4, 0.5) is 14.9 Å². The fraction of sp³-hybridized carbons (Fsp3) is 0.550. The first-order valence-electron chi connectivity index (χ1n) is 10.5. The number of halogens is 1. The van der Waals surface area contributed by atoms with Gasteiger partial charge in [0.25, 0.3) is 5.56 Å². The molecule has 2 aliphatic rings. The van der Waals surface area contributed by atoms with Crippen LogP contribution in [0.1, 0.15) is 25.8 Å². The lowest BCUT2D eigenvalue weighted by Crippen LogP contribution is -2.46. The number of benzene rings is 1. The van der Waals surface area contributed by atoms with Gasteiger partial charge in [-0.05, 0) is 30.7 Å². The summed E-state index contributed by atoms with van der Waals surface area (Å²) in [5.74, 6) is 5.19. The number of urea groups is 1. The van der Waals surface area contributed by atoms with Crippen molar-refractivity contribution in [3.8, 4) is 5.75 Å². The van der Waals surface area contributed by atoms with Gasteiger partial charge in [-0.3, -0.25) is 9.36 Å². The molecular formula is C20H28FN7O4. The van der Waals surface area contributed by atoms with Crippen molar-refractivity contribution in [1.29, 1.82) is 0 Å². The van der Waals surface area contributed by atoms with Crippen LogP contribution in [0.2, 0.25) is 0 Å². The average Bonchev–Trinajstić information content (AvgIpc) is 3.51. The van der Waals surface area contributed by atoms with Crippen molar-refractivity contribution in [3.63, 3.8) is 0 Å². The predicted octanol–water partition coefficient (Wildman–Crippen LogP) is -0.572. The molecule has 4 rings (SSSR count). The highest BCUT2D eigenvalue weighted by Crippen LogP contribution is 2.44. The van der Waals surface area contributed by atoms with Crippen molar-refractivity contribution in [3.05, 3.63) is 32.7 Å². The normalized spacial score (nSPS) is 21.7. The number of carbonyl (C=O) groups is 1. The summed E-state index contributed by atoms with van der Waals surface area (Å²) in [6, 6.07) is -0.0462. The maximum absolute atomic E-state index is 15.4. The van der Waals surface area contributed by atoms with Crippen molar-refractivity contribution in [2.75, 3.05) is 37.5 Å². The molecule has 1 aliphatic carbocycles. The second-order valence-electron chi connectivity index (χ2n) is 8.65. The summed E-state index contributed by atoms with van der Waals surface area (Å²) in [6.45, 7) is 3.08. The molecular weight excluding hydrogens is 421 g/mol. The highest BCUT2D eigenvalue weighted by molar-refractivity contribution is 5.91. The molecule has 7 N–H and O–H groups in total. The molecule has 1 saturated carbocycles. The number of primary amides is 1. The lowest BCUT2D eigenvalue weighted by molar-refractivity contribution is 0.246. The van der Waals surface area contributed by atoms with Crippen LogP contribution in [0, 0.1) is 17.7 Å². The number of hydrogen-bond donors (Lipinski definition) is 4. The number of fused-ring (bicyclic) bond motifs is 1. The van der Waals surface area contributed by atoms with Crippen molar-refractivity contribution in [2.45, 2.75) is 31.8 Å². The number of nitrogens with one attached hydrogen (secondary N) is 1. The third-order valence-corrected chi connectivity index (χ3v) is 6.45. The van der Waals surface area contributed by atoms with Gasteiger partial charge in [-0.15, -0.1) is 0 Å². The number of rotatable bonds is 6. The summed E-state index contributed by atoms with van der Waals surface area (Å²) < 4.78 is 22.9. The largest absolute Gasteiger partial charge is 0.492 e. The molecule has 1 aromatic carbocycles. The van der Waals surface area contributed by atoms with Crippen LogP contribution in [0.15, 0.2) is 15.7 Å². The van der Waals surface area contributed by atoms with Crippen molar-refractivity contribution < 1.29 is 13.9 Å². The molecule has 1 saturated heterocycles. The molecule has 1 unspecified atom stereocenters. The fourth-order valence-corrected chi connectivity index (χ4v) is 4.70. The zero-order chi connectivity index (χ0) is 23.3. The van der Waals surface area contributed by atoms with Gasteiger partial charge < -0.3 is 32.3 Å². The average molecular weight is 449 g/mol. The van der Waals surface area contributed by atoms with E-state index in [0.717, 1.165) is 18.9 Å². The second-order valence-corrected chi connectivity index (χ2v) is 8.65. The second kappa shape index (κ2) is 8.01. The zero-order valence-electron chi connectivity index (χ0n) is 18.0. The van der Waals surface area contributed by atoms with Crippen molar-refractivity contribution in [2.24, 2.45) is 23.3 Å².